The van der Waals surface area contributed by atoms with E-state index in [0.717, 1.165) is 22.2 Å². The molecular formula is C15H19IN2O. The van der Waals surface area contributed by atoms with E-state index in [9.17, 15) is 0 Å². The summed E-state index contributed by atoms with van der Waals surface area (Å²) in [5.41, 5.74) is 7.15. The van der Waals surface area contributed by atoms with Gasteiger partial charge in [0.05, 0.1) is 27.0 Å². The molecule has 1 saturated carbocycles. The van der Waals surface area contributed by atoms with Crippen molar-refractivity contribution in [1.29, 1.82) is 5.26 Å². The maximum Gasteiger partial charge on any atom is 0.155 e. The molecule has 2 rings (SSSR count). The summed E-state index contributed by atoms with van der Waals surface area (Å²) in [7, 11) is 0. The molecule has 1 aliphatic carbocycles. The first kappa shape index (κ1) is 14.4. The van der Waals surface area contributed by atoms with Gasteiger partial charge in [-0.25, -0.2) is 0 Å². The SMILES string of the molecule is CC1CC(C)CC(Oc2c(N)cc(C#N)cc2I)C1. The smallest absolute Gasteiger partial charge is 0.155 e. The summed E-state index contributed by atoms with van der Waals surface area (Å²) in [5, 5.41) is 8.92. The zero-order chi connectivity index (χ0) is 14.0. The predicted molar refractivity (Wildman–Crippen MR) is 84.9 cm³/mol. The molecule has 1 aliphatic rings. The lowest BCUT2D eigenvalue weighted by Crippen LogP contribution is -2.29. The first-order chi connectivity index (χ1) is 8.99. The molecule has 3 nitrogen and oxygen atoms in total. The fraction of sp³-hybridized carbons (Fsp3) is 0.533. The third kappa shape index (κ3) is 3.53. The van der Waals surface area contributed by atoms with Gasteiger partial charge in [0, 0.05) is 0 Å². The fourth-order valence-electron chi connectivity index (χ4n) is 2.94. The molecule has 0 heterocycles. The van der Waals surface area contributed by atoms with Gasteiger partial charge in [0.1, 0.15) is 0 Å². The van der Waals surface area contributed by atoms with Crippen LogP contribution < -0.4 is 10.5 Å². The highest BCUT2D eigenvalue weighted by Gasteiger charge is 2.26. The Morgan fingerprint density at radius 3 is 2.42 bits per heavy atom. The predicted octanol–water partition coefficient (Wildman–Crippen LogP) is 3.95. The lowest BCUT2D eigenvalue weighted by atomic mass is 9.82. The summed E-state index contributed by atoms with van der Waals surface area (Å²) in [6, 6.07) is 5.62. The van der Waals surface area contributed by atoms with Crippen LogP contribution in [0.5, 0.6) is 5.75 Å². The van der Waals surface area contributed by atoms with E-state index >= 15 is 0 Å². The van der Waals surface area contributed by atoms with E-state index in [1.807, 2.05) is 6.07 Å². The van der Waals surface area contributed by atoms with Gasteiger partial charge in [-0.3, -0.25) is 0 Å². The number of nitrogens with zero attached hydrogens (tertiary/aromatic N) is 1. The zero-order valence-electron chi connectivity index (χ0n) is 11.3. The average Bonchev–Trinajstić information content (AvgIpc) is 2.32. The van der Waals surface area contributed by atoms with Crippen molar-refractivity contribution >= 4 is 28.3 Å². The van der Waals surface area contributed by atoms with Gasteiger partial charge in [-0.1, -0.05) is 13.8 Å². The first-order valence-corrected chi connectivity index (χ1v) is 7.73. The molecule has 19 heavy (non-hydrogen) atoms. The van der Waals surface area contributed by atoms with Crippen molar-refractivity contribution in [3.8, 4) is 11.8 Å². The topological polar surface area (TPSA) is 59.0 Å². The number of nitrogen functional groups attached to an aromatic ring is 1. The number of benzene rings is 1. The van der Waals surface area contributed by atoms with Crippen LogP contribution in [0.25, 0.3) is 0 Å². The molecule has 1 aromatic rings. The van der Waals surface area contributed by atoms with Crippen molar-refractivity contribution in [3.05, 3.63) is 21.3 Å². The highest BCUT2D eigenvalue weighted by molar-refractivity contribution is 14.1. The van der Waals surface area contributed by atoms with Crippen molar-refractivity contribution < 1.29 is 4.74 Å². The van der Waals surface area contributed by atoms with Crippen molar-refractivity contribution in [1.82, 2.24) is 0 Å². The first-order valence-electron chi connectivity index (χ1n) is 6.65. The molecule has 0 spiro atoms. The number of hydrogen-bond donors (Lipinski definition) is 1. The molecular weight excluding hydrogens is 351 g/mol. The Morgan fingerprint density at radius 2 is 1.89 bits per heavy atom. The number of nitriles is 1. The Bertz CT molecular complexity index is 476. The summed E-state index contributed by atoms with van der Waals surface area (Å²) >= 11 is 2.19. The van der Waals surface area contributed by atoms with Gasteiger partial charge >= 0.3 is 0 Å². The molecule has 0 aromatic heterocycles. The molecule has 2 N–H and O–H groups in total. The lowest BCUT2D eigenvalue weighted by molar-refractivity contribution is 0.101. The van der Waals surface area contributed by atoms with E-state index in [1.165, 1.54) is 6.42 Å². The van der Waals surface area contributed by atoms with E-state index < -0.39 is 0 Å². The molecule has 1 fully saturated rings. The largest absolute Gasteiger partial charge is 0.487 e. The summed E-state index contributed by atoms with van der Waals surface area (Å²) in [6.07, 6.45) is 3.68. The maximum absolute atomic E-state index is 8.92. The van der Waals surface area contributed by atoms with Crippen molar-refractivity contribution in [3.63, 3.8) is 0 Å². The molecule has 4 heteroatoms. The van der Waals surface area contributed by atoms with E-state index in [0.29, 0.717) is 23.1 Å². The highest BCUT2D eigenvalue weighted by atomic mass is 127. The van der Waals surface area contributed by atoms with Gasteiger partial charge in [-0.2, -0.15) is 5.26 Å². The Balaban J connectivity index is 2.17. The molecule has 0 saturated heterocycles. The van der Waals surface area contributed by atoms with Crippen LogP contribution in [0.3, 0.4) is 0 Å². The molecule has 2 atom stereocenters. The number of hydrogen-bond acceptors (Lipinski definition) is 3. The Kier molecular flexibility index (Phi) is 4.56. The number of nitrogens with two attached hydrogens (primary N) is 1. The van der Waals surface area contributed by atoms with Crippen LogP contribution in [0, 0.1) is 26.7 Å². The van der Waals surface area contributed by atoms with Crippen LogP contribution in [0.4, 0.5) is 5.69 Å². The second-order valence-corrected chi connectivity index (χ2v) is 6.81. The Hall–Kier alpha value is -0.960. The second-order valence-electron chi connectivity index (χ2n) is 5.65. The quantitative estimate of drug-likeness (QED) is 0.634. The molecule has 0 radical (unpaired) electrons. The van der Waals surface area contributed by atoms with Crippen molar-refractivity contribution in [2.45, 2.75) is 39.2 Å². The Labute approximate surface area is 128 Å². The summed E-state index contributed by atoms with van der Waals surface area (Å²) < 4.78 is 7.03. The minimum Gasteiger partial charge on any atom is -0.487 e. The van der Waals surface area contributed by atoms with Crippen molar-refractivity contribution in [2.24, 2.45) is 11.8 Å². The van der Waals surface area contributed by atoms with Gasteiger partial charge in [-0.05, 0) is 65.8 Å². The maximum atomic E-state index is 8.92. The number of ether oxygens (including phenoxy) is 1. The van der Waals surface area contributed by atoms with E-state index in [-0.39, 0.29) is 6.10 Å². The number of rotatable bonds is 2. The number of anilines is 1. The van der Waals surface area contributed by atoms with Gasteiger partial charge < -0.3 is 10.5 Å². The van der Waals surface area contributed by atoms with Crippen LogP contribution in [0.1, 0.15) is 38.7 Å². The minimum absolute atomic E-state index is 0.238. The molecule has 2 unspecified atom stereocenters. The van der Waals surface area contributed by atoms with Crippen LogP contribution in [0.15, 0.2) is 12.1 Å². The third-order valence-corrected chi connectivity index (χ3v) is 4.42. The van der Waals surface area contributed by atoms with Crippen molar-refractivity contribution in [2.75, 3.05) is 5.73 Å². The van der Waals surface area contributed by atoms with Gasteiger partial charge in [0.25, 0.3) is 0 Å². The second kappa shape index (κ2) is 6.00. The Morgan fingerprint density at radius 1 is 1.26 bits per heavy atom. The molecule has 102 valence electrons. The summed E-state index contributed by atoms with van der Waals surface area (Å²) in [5.74, 6) is 2.14. The summed E-state index contributed by atoms with van der Waals surface area (Å²) in [4.78, 5) is 0. The highest BCUT2D eigenvalue weighted by Crippen LogP contribution is 2.35. The van der Waals surface area contributed by atoms with Crippen LogP contribution in [0.2, 0.25) is 0 Å². The molecule has 0 bridgehead atoms. The molecule has 1 aromatic carbocycles. The average molecular weight is 370 g/mol. The minimum atomic E-state index is 0.238. The van der Waals surface area contributed by atoms with E-state index in [4.69, 9.17) is 15.7 Å². The molecule has 0 aliphatic heterocycles. The van der Waals surface area contributed by atoms with E-state index in [1.54, 1.807) is 6.07 Å². The van der Waals surface area contributed by atoms with Crippen LogP contribution >= 0.6 is 22.6 Å². The number of halogens is 1. The van der Waals surface area contributed by atoms with E-state index in [2.05, 4.69) is 42.5 Å². The molecule has 0 amide bonds. The normalized spacial score (nSPS) is 26.7. The monoisotopic (exact) mass is 370 g/mol. The fourth-order valence-corrected chi connectivity index (χ4v) is 3.71. The third-order valence-electron chi connectivity index (χ3n) is 3.62. The zero-order valence-corrected chi connectivity index (χ0v) is 13.5. The van der Waals surface area contributed by atoms with Gasteiger partial charge in [-0.15, -0.1) is 0 Å². The van der Waals surface area contributed by atoms with Crippen LogP contribution in [-0.4, -0.2) is 6.10 Å². The lowest BCUT2D eigenvalue weighted by Gasteiger charge is -2.32. The summed E-state index contributed by atoms with van der Waals surface area (Å²) in [6.45, 7) is 4.55. The van der Waals surface area contributed by atoms with Gasteiger partial charge in [0.2, 0.25) is 0 Å². The van der Waals surface area contributed by atoms with Gasteiger partial charge in [0.15, 0.2) is 5.75 Å². The standard InChI is InChI=1S/C15H19IN2O/c1-9-3-10(2)5-12(4-9)19-15-13(16)6-11(8-17)7-14(15)18/h6-7,9-10,12H,3-5,18H2,1-2H3. The van der Waals surface area contributed by atoms with Crippen LogP contribution in [-0.2, 0) is 0 Å².